The number of carbonyl (C=O) groups excluding carboxylic acids is 1. The molecule has 2 aromatic heterocycles. The Balaban J connectivity index is 1.60. The van der Waals surface area contributed by atoms with Crippen molar-refractivity contribution < 1.29 is 14.3 Å². The number of para-hydroxylation sites is 2. The third-order valence-corrected chi connectivity index (χ3v) is 4.18. The Labute approximate surface area is 156 Å². The van der Waals surface area contributed by atoms with Crippen molar-refractivity contribution in [3.05, 3.63) is 71.0 Å². The number of phenolic OH excluding ortho intramolecular Hbond substituents is 1. The molecule has 0 bridgehead atoms. The van der Waals surface area contributed by atoms with E-state index < -0.39 is 0 Å². The summed E-state index contributed by atoms with van der Waals surface area (Å²) in [5, 5.41) is 13.0. The number of nitrogens with zero attached hydrogens (tertiary/aromatic N) is 2. The Bertz CT molecular complexity index is 1090. The molecule has 0 saturated heterocycles. The summed E-state index contributed by atoms with van der Waals surface area (Å²) >= 11 is 3.28. The van der Waals surface area contributed by atoms with Gasteiger partial charge in [0.1, 0.15) is 11.3 Å². The van der Waals surface area contributed by atoms with Gasteiger partial charge in [-0.05, 0) is 46.3 Å². The van der Waals surface area contributed by atoms with Gasteiger partial charge >= 0.3 is 0 Å². The summed E-state index contributed by atoms with van der Waals surface area (Å²) in [6.45, 7) is 0. The Morgan fingerprint density at radius 1 is 1.12 bits per heavy atom. The maximum atomic E-state index is 12.3. The van der Waals surface area contributed by atoms with Crippen molar-refractivity contribution in [1.29, 1.82) is 0 Å². The number of hydrogen-bond acceptors (Lipinski definition) is 5. The van der Waals surface area contributed by atoms with Crippen molar-refractivity contribution in [2.45, 2.75) is 0 Å². The van der Waals surface area contributed by atoms with Crippen molar-refractivity contribution in [1.82, 2.24) is 9.97 Å². The molecule has 7 heteroatoms. The molecular weight excluding hydrogens is 398 g/mol. The highest BCUT2D eigenvalue weighted by Gasteiger charge is 2.14. The number of pyridine rings is 1. The van der Waals surface area contributed by atoms with Gasteiger partial charge in [-0.15, -0.1) is 0 Å². The quantitative estimate of drug-likeness (QED) is 0.515. The number of amides is 1. The molecule has 0 radical (unpaired) electrons. The number of halogens is 1. The van der Waals surface area contributed by atoms with Crippen LogP contribution in [0, 0.1) is 0 Å². The number of oxazole rings is 1. The number of hydrogen-bond donors (Lipinski definition) is 2. The second-order valence-corrected chi connectivity index (χ2v) is 6.48. The van der Waals surface area contributed by atoms with Crippen molar-refractivity contribution >= 4 is 38.6 Å². The summed E-state index contributed by atoms with van der Waals surface area (Å²) in [7, 11) is 0. The van der Waals surface area contributed by atoms with Gasteiger partial charge in [-0.3, -0.25) is 9.78 Å². The van der Waals surface area contributed by atoms with Crippen LogP contribution in [-0.4, -0.2) is 21.0 Å². The molecule has 0 aliphatic heterocycles. The number of benzene rings is 2. The number of anilines is 1. The highest BCUT2D eigenvalue weighted by Crippen LogP contribution is 2.33. The molecule has 0 spiro atoms. The van der Waals surface area contributed by atoms with E-state index in [1.165, 1.54) is 12.3 Å². The summed E-state index contributed by atoms with van der Waals surface area (Å²) in [6.07, 6.45) is 3.06. The van der Waals surface area contributed by atoms with Gasteiger partial charge in [-0.1, -0.05) is 12.1 Å². The first-order valence-corrected chi connectivity index (χ1v) is 8.50. The molecule has 0 atom stereocenters. The summed E-state index contributed by atoms with van der Waals surface area (Å²) in [4.78, 5) is 20.6. The lowest BCUT2D eigenvalue weighted by Gasteiger charge is -2.07. The molecule has 6 nitrogen and oxygen atoms in total. The minimum Gasteiger partial charge on any atom is -0.507 e. The molecule has 26 heavy (non-hydrogen) atoms. The molecule has 2 N–H and O–H groups in total. The summed E-state index contributed by atoms with van der Waals surface area (Å²) in [6, 6.07) is 13.8. The van der Waals surface area contributed by atoms with Crippen LogP contribution in [0.4, 0.5) is 5.69 Å². The Morgan fingerprint density at radius 3 is 2.73 bits per heavy atom. The Hall–Kier alpha value is -3.19. The van der Waals surface area contributed by atoms with Crippen LogP contribution in [0.25, 0.3) is 22.6 Å². The van der Waals surface area contributed by atoms with Gasteiger partial charge in [0, 0.05) is 28.6 Å². The average molecular weight is 410 g/mol. The fourth-order valence-electron chi connectivity index (χ4n) is 2.52. The lowest BCUT2D eigenvalue weighted by atomic mass is 10.1. The number of rotatable bonds is 3. The van der Waals surface area contributed by atoms with Crippen LogP contribution < -0.4 is 5.32 Å². The van der Waals surface area contributed by atoms with Crippen LogP contribution in [0.1, 0.15) is 10.4 Å². The topological polar surface area (TPSA) is 88.2 Å². The van der Waals surface area contributed by atoms with Gasteiger partial charge in [0.05, 0.1) is 11.1 Å². The van der Waals surface area contributed by atoms with E-state index in [2.05, 4.69) is 31.2 Å². The zero-order valence-corrected chi connectivity index (χ0v) is 14.9. The van der Waals surface area contributed by atoms with Crippen molar-refractivity contribution in [3.8, 4) is 17.2 Å². The lowest BCUT2D eigenvalue weighted by molar-refractivity contribution is 0.102. The van der Waals surface area contributed by atoms with E-state index in [-0.39, 0.29) is 11.7 Å². The summed E-state index contributed by atoms with van der Waals surface area (Å²) in [5.41, 5.74) is 2.65. The third kappa shape index (κ3) is 3.16. The molecule has 128 valence electrons. The molecule has 4 aromatic rings. The zero-order chi connectivity index (χ0) is 18.1. The molecular formula is C19H12BrN3O3. The van der Waals surface area contributed by atoms with Crippen LogP contribution in [-0.2, 0) is 0 Å². The van der Waals surface area contributed by atoms with E-state index in [9.17, 15) is 9.90 Å². The number of carbonyl (C=O) groups is 1. The van der Waals surface area contributed by atoms with E-state index in [4.69, 9.17) is 4.42 Å². The first-order valence-electron chi connectivity index (χ1n) is 7.71. The molecule has 4 rings (SSSR count). The first-order chi connectivity index (χ1) is 12.6. The van der Waals surface area contributed by atoms with Crippen LogP contribution in [0.15, 0.2) is 69.8 Å². The number of phenols is 1. The summed E-state index contributed by atoms with van der Waals surface area (Å²) < 4.78 is 6.37. The molecule has 0 aliphatic carbocycles. The van der Waals surface area contributed by atoms with Gasteiger partial charge in [-0.25, -0.2) is 4.98 Å². The predicted molar refractivity (Wildman–Crippen MR) is 101 cm³/mol. The minimum atomic E-state index is -0.326. The summed E-state index contributed by atoms with van der Waals surface area (Å²) in [5.74, 6) is -0.0488. The molecule has 0 unspecified atom stereocenters. The Kier molecular flexibility index (Phi) is 4.14. The van der Waals surface area contributed by atoms with E-state index >= 15 is 0 Å². The second-order valence-electron chi connectivity index (χ2n) is 5.56. The van der Waals surface area contributed by atoms with E-state index in [1.54, 1.807) is 24.4 Å². The van der Waals surface area contributed by atoms with Gasteiger partial charge in [-0.2, -0.15) is 0 Å². The van der Waals surface area contributed by atoms with E-state index in [0.29, 0.717) is 38.3 Å². The third-order valence-electron chi connectivity index (χ3n) is 3.75. The fraction of sp³-hybridized carbons (Fsp3) is 0. The normalized spacial score (nSPS) is 10.8. The molecule has 0 fully saturated rings. The maximum Gasteiger partial charge on any atom is 0.257 e. The fourth-order valence-corrected chi connectivity index (χ4v) is 2.88. The molecule has 2 heterocycles. The standard InChI is InChI=1S/C19H12BrN3O3/c20-12-7-11(9-21-10-12)18(25)22-13-5-6-14(16(24)8-13)19-23-15-3-1-2-4-17(15)26-19/h1-10,24H,(H,22,25). The van der Waals surface area contributed by atoms with Crippen LogP contribution in [0.2, 0.25) is 0 Å². The van der Waals surface area contributed by atoms with Crippen LogP contribution in [0.3, 0.4) is 0 Å². The maximum absolute atomic E-state index is 12.3. The smallest absolute Gasteiger partial charge is 0.257 e. The number of nitrogens with one attached hydrogen (secondary N) is 1. The van der Waals surface area contributed by atoms with Crippen molar-refractivity contribution in [2.24, 2.45) is 0 Å². The number of aromatic nitrogens is 2. The monoisotopic (exact) mass is 409 g/mol. The van der Waals surface area contributed by atoms with Crippen LogP contribution in [0.5, 0.6) is 5.75 Å². The van der Waals surface area contributed by atoms with Gasteiger partial charge in [0.2, 0.25) is 5.89 Å². The highest BCUT2D eigenvalue weighted by molar-refractivity contribution is 9.10. The SMILES string of the molecule is O=C(Nc1ccc(-c2nc3ccccc3o2)c(O)c1)c1cncc(Br)c1. The van der Waals surface area contributed by atoms with E-state index in [1.807, 2.05) is 24.3 Å². The minimum absolute atomic E-state index is 0.0401. The number of aromatic hydroxyl groups is 1. The average Bonchev–Trinajstić information content (AvgIpc) is 3.05. The lowest BCUT2D eigenvalue weighted by Crippen LogP contribution is -2.12. The van der Waals surface area contributed by atoms with Gasteiger partial charge in [0.25, 0.3) is 5.91 Å². The molecule has 0 aliphatic rings. The Morgan fingerprint density at radius 2 is 1.96 bits per heavy atom. The van der Waals surface area contributed by atoms with Gasteiger partial charge < -0.3 is 14.8 Å². The van der Waals surface area contributed by atoms with Crippen LogP contribution >= 0.6 is 15.9 Å². The predicted octanol–water partition coefficient (Wildman–Crippen LogP) is 4.61. The molecule has 2 aromatic carbocycles. The first kappa shape index (κ1) is 16.3. The highest BCUT2D eigenvalue weighted by atomic mass is 79.9. The number of fused-ring (bicyclic) bond motifs is 1. The second kappa shape index (κ2) is 6.61. The largest absolute Gasteiger partial charge is 0.507 e. The van der Waals surface area contributed by atoms with E-state index in [0.717, 1.165) is 0 Å². The van der Waals surface area contributed by atoms with Crippen molar-refractivity contribution in [3.63, 3.8) is 0 Å². The zero-order valence-electron chi connectivity index (χ0n) is 13.3. The van der Waals surface area contributed by atoms with Crippen molar-refractivity contribution in [2.75, 3.05) is 5.32 Å². The molecule has 1 amide bonds. The van der Waals surface area contributed by atoms with Gasteiger partial charge in [0.15, 0.2) is 5.58 Å². The molecule has 0 saturated carbocycles.